The van der Waals surface area contributed by atoms with Crippen molar-refractivity contribution in [1.82, 2.24) is 0 Å². The monoisotopic (exact) mass is 582 g/mol. The first kappa shape index (κ1) is 25.3. The fourth-order valence-electron chi connectivity index (χ4n) is 5.78. The number of hydrogen-bond donors (Lipinski definition) is 0. The Hall–Kier alpha value is -2.31. The Morgan fingerprint density at radius 1 is 0.583 bits per heavy atom. The second-order valence-electron chi connectivity index (χ2n) is 9.61. The maximum Gasteiger partial charge on any atom is -1.00 e. The van der Waals surface area contributed by atoms with Crippen molar-refractivity contribution >= 4 is 3.21 Å². The molecule has 1 saturated carbocycles. The second kappa shape index (κ2) is 10.6. The summed E-state index contributed by atoms with van der Waals surface area (Å²) in [6.07, 6.45) is 11.1. The molecule has 0 nitrogen and oxygen atoms in total. The van der Waals surface area contributed by atoms with Gasteiger partial charge in [0.05, 0.1) is 0 Å². The van der Waals surface area contributed by atoms with Crippen LogP contribution in [0.4, 0.5) is 0 Å². The van der Waals surface area contributed by atoms with E-state index in [2.05, 4.69) is 115 Å². The van der Waals surface area contributed by atoms with Crippen LogP contribution in [0.15, 0.2) is 119 Å². The maximum absolute atomic E-state index is 2.47. The third-order valence-corrected chi connectivity index (χ3v) is 16.2. The van der Waals surface area contributed by atoms with E-state index in [1.807, 2.05) is 3.21 Å². The van der Waals surface area contributed by atoms with E-state index in [-0.39, 0.29) is 24.8 Å². The summed E-state index contributed by atoms with van der Waals surface area (Å²) in [5.41, 5.74) is 11.3. The third kappa shape index (κ3) is 4.47. The molecule has 0 aromatic heterocycles. The summed E-state index contributed by atoms with van der Waals surface area (Å²) in [7, 11) is 0. The molecule has 0 N–H and O–H groups in total. The molecule has 0 aliphatic heterocycles. The first-order valence-corrected chi connectivity index (χ1v) is 16.2. The van der Waals surface area contributed by atoms with E-state index >= 15 is 0 Å². The molecule has 0 spiro atoms. The molecule has 0 bridgehead atoms. The zero-order valence-corrected chi connectivity index (χ0v) is 23.9. The molecule has 3 aliphatic carbocycles. The Morgan fingerprint density at radius 3 is 1.56 bits per heavy atom. The normalized spacial score (nSPS) is 14.6. The largest absolute Gasteiger partial charge is 1.00 e. The SMILES string of the molecule is C1=CC[C]([Zr+2](=[C]2CC2)[CH]2c3ccc(-c4ccccc4)cc3-c3cc(-c4ccccc4)ccc32)=C1.[Cl-].[Cl-]. The zero-order chi connectivity index (χ0) is 22.5. The number of allylic oxidation sites excluding steroid dienone is 4. The molecule has 0 atom stereocenters. The molecule has 7 rings (SSSR count). The first-order chi connectivity index (χ1) is 16.9. The Labute approximate surface area is 233 Å². The van der Waals surface area contributed by atoms with Crippen LogP contribution < -0.4 is 24.8 Å². The Balaban J connectivity index is 0.00000133. The fraction of sp³-hybridized carbons (Fsp3) is 0.121. The van der Waals surface area contributed by atoms with Crippen LogP contribution in [-0.2, 0) is 21.3 Å². The van der Waals surface area contributed by atoms with Crippen LogP contribution in [0.2, 0.25) is 0 Å². The molecule has 0 radical (unpaired) electrons. The van der Waals surface area contributed by atoms with Gasteiger partial charge in [0, 0.05) is 0 Å². The Morgan fingerprint density at radius 2 is 1.11 bits per heavy atom. The Kier molecular flexibility index (Phi) is 7.45. The quantitative estimate of drug-likeness (QED) is 0.346. The predicted molar refractivity (Wildman–Crippen MR) is 141 cm³/mol. The van der Waals surface area contributed by atoms with Gasteiger partial charge in [0.2, 0.25) is 0 Å². The minimum Gasteiger partial charge on any atom is -1.00 e. The van der Waals surface area contributed by atoms with E-state index in [1.54, 1.807) is 14.4 Å². The van der Waals surface area contributed by atoms with Gasteiger partial charge in [-0.25, -0.2) is 0 Å². The molecule has 1 fully saturated rings. The van der Waals surface area contributed by atoms with Crippen molar-refractivity contribution in [2.24, 2.45) is 0 Å². The third-order valence-electron chi connectivity index (χ3n) is 7.52. The zero-order valence-electron chi connectivity index (χ0n) is 19.9. The second-order valence-corrected chi connectivity index (χ2v) is 16.4. The van der Waals surface area contributed by atoms with Gasteiger partial charge in [-0.15, -0.1) is 0 Å². The van der Waals surface area contributed by atoms with Gasteiger partial charge in [0.15, 0.2) is 0 Å². The van der Waals surface area contributed by atoms with Crippen molar-refractivity contribution in [2.45, 2.75) is 22.9 Å². The van der Waals surface area contributed by atoms with Crippen molar-refractivity contribution in [2.75, 3.05) is 0 Å². The summed E-state index contributed by atoms with van der Waals surface area (Å²) in [6.45, 7) is 0. The van der Waals surface area contributed by atoms with E-state index in [0.717, 1.165) is 0 Å². The Bertz CT molecular complexity index is 1420. The summed E-state index contributed by atoms with van der Waals surface area (Å²) in [5, 5.41) is 0. The molecule has 4 aromatic rings. The molecule has 0 amide bonds. The molecule has 36 heavy (non-hydrogen) atoms. The van der Waals surface area contributed by atoms with Crippen LogP contribution in [-0.4, -0.2) is 3.21 Å². The van der Waals surface area contributed by atoms with Gasteiger partial charge in [-0.1, -0.05) is 0 Å². The van der Waals surface area contributed by atoms with Gasteiger partial charge in [-0.3, -0.25) is 0 Å². The van der Waals surface area contributed by atoms with Gasteiger partial charge in [-0.05, 0) is 0 Å². The molecule has 176 valence electrons. The van der Waals surface area contributed by atoms with Crippen LogP contribution in [0.5, 0.6) is 0 Å². The smallest absolute Gasteiger partial charge is 1.00 e. The van der Waals surface area contributed by atoms with Crippen molar-refractivity contribution in [3.05, 3.63) is 130 Å². The molecule has 4 aromatic carbocycles. The standard InChI is InChI=1S/C25H17.C5H5.C3H4.2ClH.Zr/c1-3-7-18(8-4-1)20-11-13-22-15-23-14-12-21(17-25(23)24(22)16-20)19-9-5-2-6-10-19;1-2-4-5-3-1;1-2-3-1;;;/h1-17H;1-3H,4H2;1-2H2;2*1H;/q;;;;;+2/p-2. The van der Waals surface area contributed by atoms with Gasteiger partial charge < -0.3 is 24.8 Å². The van der Waals surface area contributed by atoms with Crippen LogP contribution in [0.1, 0.15) is 34.0 Å². The molecule has 0 unspecified atom stereocenters. The van der Waals surface area contributed by atoms with Crippen LogP contribution in [0.25, 0.3) is 33.4 Å². The van der Waals surface area contributed by atoms with Crippen LogP contribution >= 0.6 is 0 Å². The first-order valence-electron chi connectivity index (χ1n) is 12.3. The van der Waals surface area contributed by atoms with Crippen LogP contribution in [0.3, 0.4) is 0 Å². The molecule has 0 saturated heterocycles. The van der Waals surface area contributed by atoms with E-state index in [0.29, 0.717) is 3.63 Å². The number of rotatable bonds is 4. The molecular weight excluding hydrogens is 558 g/mol. The van der Waals surface area contributed by atoms with Gasteiger partial charge >= 0.3 is 210 Å². The van der Waals surface area contributed by atoms with Gasteiger partial charge in [0.1, 0.15) is 0 Å². The number of benzene rings is 4. The van der Waals surface area contributed by atoms with E-state index < -0.39 is 21.3 Å². The summed E-state index contributed by atoms with van der Waals surface area (Å²) >= 11 is -1.97. The fourth-order valence-corrected chi connectivity index (χ4v) is 14.7. The number of fused-ring (bicyclic) bond motifs is 3. The molecular formula is C33H26Cl2Zr. The molecule has 3 heteroatoms. The van der Waals surface area contributed by atoms with Crippen molar-refractivity contribution in [3.63, 3.8) is 0 Å². The maximum atomic E-state index is 2.47. The van der Waals surface area contributed by atoms with Gasteiger partial charge in [0.25, 0.3) is 0 Å². The predicted octanol–water partition coefficient (Wildman–Crippen LogP) is 2.53. The topological polar surface area (TPSA) is 0 Å². The number of halogens is 2. The van der Waals surface area contributed by atoms with E-state index in [9.17, 15) is 0 Å². The van der Waals surface area contributed by atoms with Gasteiger partial charge in [-0.2, -0.15) is 0 Å². The van der Waals surface area contributed by atoms with Crippen LogP contribution in [0, 0.1) is 0 Å². The average molecular weight is 585 g/mol. The minimum absolute atomic E-state index is 0. The van der Waals surface area contributed by atoms with E-state index in [4.69, 9.17) is 0 Å². The average Bonchev–Trinajstić information content (AvgIpc) is 3.50. The number of hydrogen-bond acceptors (Lipinski definition) is 0. The summed E-state index contributed by atoms with van der Waals surface area (Å²) < 4.78 is 4.34. The molecule has 0 heterocycles. The summed E-state index contributed by atoms with van der Waals surface area (Å²) in [6, 6.07) is 36.3. The van der Waals surface area contributed by atoms with Crippen molar-refractivity contribution in [1.29, 1.82) is 0 Å². The summed E-state index contributed by atoms with van der Waals surface area (Å²) in [4.78, 5) is 0. The van der Waals surface area contributed by atoms with Crippen molar-refractivity contribution < 1.29 is 46.1 Å². The van der Waals surface area contributed by atoms with Crippen molar-refractivity contribution in [3.8, 4) is 33.4 Å². The van der Waals surface area contributed by atoms with E-state index in [1.165, 1.54) is 52.6 Å². The minimum atomic E-state index is -1.97. The summed E-state index contributed by atoms with van der Waals surface area (Å²) in [5.74, 6) is 0. The molecule has 3 aliphatic rings.